The van der Waals surface area contributed by atoms with Crippen molar-refractivity contribution in [3.8, 4) is 17.0 Å². The van der Waals surface area contributed by atoms with Gasteiger partial charge in [-0.05, 0) is 30.7 Å². The van der Waals surface area contributed by atoms with E-state index in [4.69, 9.17) is 9.47 Å². The van der Waals surface area contributed by atoms with E-state index in [9.17, 15) is 9.59 Å². The molecule has 0 spiro atoms. The van der Waals surface area contributed by atoms with Crippen LogP contribution in [0.4, 0.5) is 5.69 Å². The van der Waals surface area contributed by atoms with E-state index in [1.54, 1.807) is 18.4 Å². The van der Waals surface area contributed by atoms with E-state index < -0.39 is 0 Å². The van der Waals surface area contributed by atoms with Gasteiger partial charge in [-0.25, -0.2) is 4.98 Å². The molecule has 0 fully saturated rings. The van der Waals surface area contributed by atoms with Crippen molar-refractivity contribution in [1.82, 2.24) is 10.3 Å². The van der Waals surface area contributed by atoms with Gasteiger partial charge in [0.1, 0.15) is 12.3 Å². The van der Waals surface area contributed by atoms with E-state index in [1.807, 2.05) is 60.8 Å². The summed E-state index contributed by atoms with van der Waals surface area (Å²) in [5, 5.41) is 5.94. The second kappa shape index (κ2) is 9.93. The van der Waals surface area contributed by atoms with Gasteiger partial charge in [-0.15, -0.1) is 11.3 Å². The van der Waals surface area contributed by atoms with Crippen LogP contribution in [0.25, 0.3) is 11.3 Å². The number of methoxy groups -OCH3 is 1. The molecule has 0 saturated heterocycles. The average Bonchev–Trinajstić information content (AvgIpc) is 3.29. The Balaban J connectivity index is 1.52. The second-order valence-electron chi connectivity index (χ2n) is 7.52. The van der Waals surface area contributed by atoms with Crippen molar-refractivity contribution >= 4 is 28.8 Å². The highest BCUT2D eigenvalue weighted by Crippen LogP contribution is 2.36. The van der Waals surface area contributed by atoms with E-state index in [0.717, 1.165) is 28.2 Å². The van der Waals surface area contributed by atoms with Gasteiger partial charge in [-0.2, -0.15) is 0 Å². The fourth-order valence-electron chi connectivity index (χ4n) is 3.54. The van der Waals surface area contributed by atoms with Gasteiger partial charge in [0, 0.05) is 24.5 Å². The van der Waals surface area contributed by atoms with E-state index in [-0.39, 0.29) is 31.0 Å². The Labute approximate surface area is 191 Å². The molecule has 2 amide bonds. The van der Waals surface area contributed by atoms with E-state index >= 15 is 0 Å². The van der Waals surface area contributed by atoms with Crippen LogP contribution in [0.1, 0.15) is 23.5 Å². The van der Waals surface area contributed by atoms with Gasteiger partial charge in [0.15, 0.2) is 6.61 Å². The smallest absolute Gasteiger partial charge is 0.265 e. The maximum atomic E-state index is 12.7. The molecule has 2 heterocycles. The molecule has 1 aromatic heterocycles. The molecule has 0 aliphatic carbocycles. The first-order chi connectivity index (χ1) is 15.5. The molecular weight excluding hydrogens is 426 g/mol. The Morgan fingerprint density at radius 2 is 2.09 bits per heavy atom. The van der Waals surface area contributed by atoms with Crippen LogP contribution in [0.5, 0.6) is 5.75 Å². The molecule has 0 bridgehead atoms. The van der Waals surface area contributed by atoms with E-state index in [0.29, 0.717) is 18.0 Å². The van der Waals surface area contributed by atoms with E-state index in [1.165, 1.54) is 4.90 Å². The lowest BCUT2D eigenvalue weighted by Gasteiger charge is -2.29. The highest BCUT2D eigenvalue weighted by molar-refractivity contribution is 7.09. The topological polar surface area (TPSA) is 80.8 Å². The van der Waals surface area contributed by atoms with Crippen molar-refractivity contribution in [1.29, 1.82) is 0 Å². The minimum atomic E-state index is -0.253. The molecule has 3 aromatic rings. The molecule has 32 heavy (non-hydrogen) atoms. The molecule has 4 rings (SSSR count). The summed E-state index contributed by atoms with van der Waals surface area (Å²) in [5.41, 5.74) is 3.27. The second-order valence-corrected chi connectivity index (χ2v) is 8.46. The van der Waals surface area contributed by atoms with Crippen LogP contribution in [0.2, 0.25) is 0 Å². The summed E-state index contributed by atoms with van der Waals surface area (Å²) < 4.78 is 10.7. The van der Waals surface area contributed by atoms with Crippen LogP contribution in [-0.4, -0.2) is 43.7 Å². The third-order valence-corrected chi connectivity index (χ3v) is 6.16. The Morgan fingerprint density at radius 1 is 1.28 bits per heavy atom. The third kappa shape index (κ3) is 4.98. The number of thiazole rings is 1. The predicted octanol–water partition coefficient (Wildman–Crippen LogP) is 3.60. The van der Waals surface area contributed by atoms with Crippen LogP contribution in [0.15, 0.2) is 53.9 Å². The van der Waals surface area contributed by atoms with Crippen molar-refractivity contribution < 1.29 is 19.1 Å². The molecule has 2 aromatic carbocycles. The van der Waals surface area contributed by atoms with Crippen LogP contribution in [-0.2, 0) is 20.7 Å². The highest BCUT2D eigenvalue weighted by atomic mass is 32.1. The molecule has 8 heteroatoms. The van der Waals surface area contributed by atoms with Crippen molar-refractivity contribution in [3.63, 3.8) is 0 Å². The zero-order chi connectivity index (χ0) is 22.5. The first-order valence-corrected chi connectivity index (χ1v) is 11.3. The van der Waals surface area contributed by atoms with Crippen LogP contribution in [0, 0.1) is 0 Å². The molecule has 1 unspecified atom stereocenters. The van der Waals surface area contributed by atoms with Gasteiger partial charge in [0.25, 0.3) is 5.91 Å². The zero-order valence-corrected chi connectivity index (χ0v) is 18.9. The molecule has 1 aliphatic heterocycles. The quantitative estimate of drug-likeness (QED) is 0.566. The predicted molar refractivity (Wildman–Crippen MR) is 124 cm³/mol. The number of carbonyl (C=O) groups is 2. The molecule has 1 atom stereocenters. The fraction of sp³-hybridized carbons (Fsp3) is 0.292. The van der Waals surface area contributed by atoms with E-state index in [2.05, 4.69) is 10.3 Å². The number of hydrogen-bond acceptors (Lipinski definition) is 6. The minimum Gasteiger partial charge on any atom is -0.482 e. The van der Waals surface area contributed by atoms with Gasteiger partial charge in [-0.1, -0.05) is 30.3 Å². The first kappa shape index (κ1) is 22.0. The lowest BCUT2D eigenvalue weighted by atomic mass is 10.1. The summed E-state index contributed by atoms with van der Waals surface area (Å²) in [5.74, 6) is 0.0896. The molecule has 166 valence electrons. The number of rotatable bonds is 8. The van der Waals surface area contributed by atoms with Gasteiger partial charge in [0.05, 0.1) is 29.0 Å². The number of nitrogens with one attached hydrogen (secondary N) is 1. The number of amides is 2. The molecule has 0 saturated carbocycles. The molecule has 1 aliphatic rings. The van der Waals surface area contributed by atoms with Crippen molar-refractivity contribution in [2.75, 3.05) is 31.8 Å². The van der Waals surface area contributed by atoms with Crippen LogP contribution < -0.4 is 15.0 Å². The van der Waals surface area contributed by atoms with Gasteiger partial charge >= 0.3 is 0 Å². The number of fused-ring (bicyclic) bond motifs is 1. The minimum absolute atomic E-state index is 0.0774. The average molecular weight is 452 g/mol. The molecule has 0 radical (unpaired) electrons. The summed E-state index contributed by atoms with van der Waals surface area (Å²) >= 11 is 1.57. The first-order valence-electron chi connectivity index (χ1n) is 10.4. The van der Waals surface area contributed by atoms with Crippen LogP contribution in [0.3, 0.4) is 0 Å². The molecule has 7 nitrogen and oxygen atoms in total. The standard InChI is InChI=1S/C24H25N3O4S/c1-16(17-6-4-3-5-7-17)25-22(28)13-27-20-12-18(8-9-21(20)31-14-24(27)29)19-15-32-23(26-19)10-11-30-2/h3-9,12,15-16H,10-11,13-14H2,1-2H3,(H,25,28). The van der Waals surface area contributed by atoms with Gasteiger partial charge in [-0.3, -0.25) is 14.5 Å². The van der Waals surface area contributed by atoms with Crippen molar-refractivity contribution in [2.24, 2.45) is 0 Å². The summed E-state index contributed by atoms with van der Waals surface area (Å²) in [6, 6.07) is 15.1. The number of hydrogen-bond donors (Lipinski definition) is 1. The Bertz CT molecular complexity index is 1100. The Morgan fingerprint density at radius 3 is 2.88 bits per heavy atom. The number of anilines is 1. The number of benzene rings is 2. The normalized spacial score (nSPS) is 13.9. The summed E-state index contributed by atoms with van der Waals surface area (Å²) in [6.07, 6.45) is 0.750. The summed E-state index contributed by atoms with van der Waals surface area (Å²) in [7, 11) is 1.67. The summed E-state index contributed by atoms with van der Waals surface area (Å²) in [4.78, 5) is 31.5. The largest absolute Gasteiger partial charge is 0.482 e. The number of aromatic nitrogens is 1. The number of carbonyl (C=O) groups excluding carboxylic acids is 2. The monoisotopic (exact) mass is 451 g/mol. The molecular formula is C24H25N3O4S. The lowest BCUT2D eigenvalue weighted by Crippen LogP contribution is -2.45. The van der Waals surface area contributed by atoms with Crippen molar-refractivity contribution in [3.05, 3.63) is 64.5 Å². The zero-order valence-electron chi connectivity index (χ0n) is 18.0. The van der Waals surface area contributed by atoms with Crippen LogP contribution >= 0.6 is 11.3 Å². The summed E-state index contributed by atoms with van der Waals surface area (Å²) in [6.45, 7) is 2.37. The maximum Gasteiger partial charge on any atom is 0.265 e. The Kier molecular flexibility index (Phi) is 6.82. The van der Waals surface area contributed by atoms with Crippen molar-refractivity contribution in [2.45, 2.75) is 19.4 Å². The molecule has 1 N–H and O–H groups in total. The van der Waals surface area contributed by atoms with Gasteiger partial charge in [0.2, 0.25) is 5.91 Å². The van der Waals surface area contributed by atoms with Gasteiger partial charge < -0.3 is 14.8 Å². The fourth-order valence-corrected chi connectivity index (χ4v) is 4.33. The third-order valence-electron chi connectivity index (χ3n) is 5.25. The number of ether oxygens (including phenoxy) is 2. The Hall–Kier alpha value is -3.23. The SMILES string of the molecule is COCCc1nc(-c2ccc3c(c2)N(CC(=O)NC(C)c2ccccc2)C(=O)CO3)cs1. The maximum absolute atomic E-state index is 12.7. The highest BCUT2D eigenvalue weighted by Gasteiger charge is 2.28. The number of nitrogens with zero attached hydrogens (tertiary/aromatic N) is 2. The lowest BCUT2D eigenvalue weighted by molar-refractivity contribution is -0.125.